The minimum atomic E-state index is -0.943. The summed E-state index contributed by atoms with van der Waals surface area (Å²) in [5.74, 6) is -0.844. The van der Waals surface area contributed by atoms with Crippen molar-refractivity contribution < 1.29 is 19.1 Å². The summed E-state index contributed by atoms with van der Waals surface area (Å²) in [5, 5.41) is 19.3. The van der Waals surface area contributed by atoms with E-state index in [0.29, 0.717) is 40.1 Å². The highest BCUT2D eigenvalue weighted by molar-refractivity contribution is 6.32. The van der Waals surface area contributed by atoms with Crippen LogP contribution in [0.5, 0.6) is 5.75 Å². The minimum Gasteiger partial charge on any atom is -0.496 e. The normalized spacial score (nSPS) is 17.9. The van der Waals surface area contributed by atoms with Crippen LogP contribution >= 0.6 is 11.6 Å². The third-order valence-corrected chi connectivity index (χ3v) is 7.23. The molecule has 0 spiro atoms. The van der Waals surface area contributed by atoms with Crippen LogP contribution in [0.2, 0.25) is 5.02 Å². The van der Waals surface area contributed by atoms with Crippen molar-refractivity contribution in [3.8, 4) is 11.8 Å². The van der Waals surface area contributed by atoms with Gasteiger partial charge < -0.3 is 25.7 Å². The molecule has 2 aromatic carbocycles. The van der Waals surface area contributed by atoms with Gasteiger partial charge in [0, 0.05) is 27.2 Å². The molecule has 37 heavy (non-hydrogen) atoms. The molecular formula is C27H26ClN5O4. The molecule has 1 aromatic heterocycles. The number of aromatic amines is 1. The number of nitriles is 1. The van der Waals surface area contributed by atoms with Crippen molar-refractivity contribution in [2.45, 2.75) is 43.7 Å². The first-order valence-corrected chi connectivity index (χ1v) is 12.5. The van der Waals surface area contributed by atoms with Gasteiger partial charge in [-0.05, 0) is 49.1 Å². The fraction of sp³-hybridized carbons (Fsp3) is 0.333. The Morgan fingerprint density at radius 1 is 1.19 bits per heavy atom. The van der Waals surface area contributed by atoms with E-state index < -0.39 is 29.8 Å². The number of carbonyl (C=O) groups excluding carboxylic acids is 3. The Balaban J connectivity index is 1.30. The highest BCUT2D eigenvalue weighted by Crippen LogP contribution is 2.40. The molecular weight excluding hydrogens is 494 g/mol. The van der Waals surface area contributed by atoms with Crippen LogP contribution in [0.4, 0.5) is 5.69 Å². The largest absolute Gasteiger partial charge is 0.496 e. The molecule has 9 nitrogen and oxygen atoms in total. The van der Waals surface area contributed by atoms with Gasteiger partial charge >= 0.3 is 0 Å². The van der Waals surface area contributed by atoms with E-state index in [1.807, 2.05) is 12.1 Å². The first-order chi connectivity index (χ1) is 17.9. The predicted octanol–water partition coefficient (Wildman–Crippen LogP) is 3.86. The minimum absolute atomic E-state index is 0.0662. The topological polar surface area (TPSA) is 136 Å². The zero-order valence-corrected chi connectivity index (χ0v) is 20.9. The number of amides is 3. The Hall–Kier alpha value is -4.03. The van der Waals surface area contributed by atoms with E-state index in [4.69, 9.17) is 16.3 Å². The smallest absolute Gasteiger partial charge is 0.268 e. The maximum Gasteiger partial charge on any atom is 0.268 e. The first kappa shape index (κ1) is 24.7. The molecule has 5 rings (SSSR count). The molecule has 2 aliphatic rings. The fourth-order valence-electron chi connectivity index (χ4n) is 4.81. The van der Waals surface area contributed by atoms with E-state index in [0.717, 1.165) is 23.7 Å². The number of fused-ring (bicyclic) bond motifs is 2. The second-order valence-electron chi connectivity index (χ2n) is 9.48. The number of rotatable bonds is 9. The van der Waals surface area contributed by atoms with E-state index >= 15 is 0 Å². The molecule has 0 bridgehead atoms. The van der Waals surface area contributed by atoms with Gasteiger partial charge in [-0.15, -0.1) is 0 Å². The lowest BCUT2D eigenvalue weighted by Gasteiger charge is -2.21. The van der Waals surface area contributed by atoms with Crippen molar-refractivity contribution in [1.29, 1.82) is 5.26 Å². The molecule has 4 N–H and O–H groups in total. The van der Waals surface area contributed by atoms with Gasteiger partial charge in [-0.2, -0.15) is 5.26 Å². The van der Waals surface area contributed by atoms with Gasteiger partial charge in [-0.1, -0.05) is 36.6 Å². The van der Waals surface area contributed by atoms with Crippen LogP contribution in [-0.2, 0) is 9.59 Å². The summed E-state index contributed by atoms with van der Waals surface area (Å²) in [6, 6.07) is 12.6. The zero-order valence-electron chi connectivity index (χ0n) is 20.1. The zero-order chi connectivity index (χ0) is 26.1. The predicted molar refractivity (Wildman–Crippen MR) is 138 cm³/mol. The van der Waals surface area contributed by atoms with E-state index in [2.05, 4.69) is 27.0 Å². The number of ether oxygens (including phenoxy) is 1. The van der Waals surface area contributed by atoms with Crippen LogP contribution < -0.4 is 20.7 Å². The van der Waals surface area contributed by atoms with Gasteiger partial charge in [0.25, 0.3) is 5.91 Å². The number of nitrogens with zero attached hydrogens (tertiary/aromatic N) is 1. The molecule has 1 saturated carbocycles. The summed E-state index contributed by atoms with van der Waals surface area (Å²) in [4.78, 5) is 42.0. The molecule has 1 unspecified atom stereocenters. The molecule has 0 radical (unpaired) electrons. The lowest BCUT2D eigenvalue weighted by Crippen LogP contribution is -2.50. The molecule has 3 atom stereocenters. The lowest BCUT2D eigenvalue weighted by molar-refractivity contribution is -0.124. The Bertz CT molecular complexity index is 1420. The third kappa shape index (κ3) is 5.11. The number of hydrogen-bond acceptors (Lipinski definition) is 5. The SMILES string of the molecule is COc1cccc2[nH]c(C(=O)N[C@@H](CC3CC3)C(=O)N[C@H](C#N)CC3C(=O)Nc4cccc(Cl)c43)cc12. The molecule has 3 aromatic rings. The Morgan fingerprint density at radius 3 is 2.70 bits per heavy atom. The average Bonchev–Trinajstić information content (AvgIpc) is 3.49. The number of anilines is 1. The van der Waals surface area contributed by atoms with E-state index in [-0.39, 0.29) is 12.3 Å². The van der Waals surface area contributed by atoms with Gasteiger partial charge in [0.2, 0.25) is 11.8 Å². The summed E-state index contributed by atoms with van der Waals surface area (Å²) in [7, 11) is 1.56. The van der Waals surface area contributed by atoms with E-state index in [1.54, 1.807) is 37.4 Å². The molecule has 190 valence electrons. The Kier molecular flexibility index (Phi) is 6.76. The summed E-state index contributed by atoms with van der Waals surface area (Å²) < 4.78 is 5.37. The number of halogens is 1. The summed E-state index contributed by atoms with van der Waals surface area (Å²) >= 11 is 6.32. The van der Waals surface area contributed by atoms with E-state index in [9.17, 15) is 19.6 Å². The molecule has 0 saturated heterocycles. The number of methoxy groups -OCH3 is 1. The van der Waals surface area contributed by atoms with Crippen LogP contribution in [0.15, 0.2) is 42.5 Å². The molecule has 3 amide bonds. The van der Waals surface area contributed by atoms with Crippen LogP contribution in [-0.4, -0.2) is 41.9 Å². The van der Waals surface area contributed by atoms with Crippen LogP contribution in [0.1, 0.15) is 47.7 Å². The van der Waals surface area contributed by atoms with Crippen LogP contribution in [0.25, 0.3) is 10.9 Å². The van der Waals surface area contributed by atoms with Gasteiger partial charge in [0.15, 0.2) is 0 Å². The van der Waals surface area contributed by atoms with Gasteiger partial charge in [-0.3, -0.25) is 14.4 Å². The van der Waals surface area contributed by atoms with E-state index in [1.165, 1.54) is 0 Å². The van der Waals surface area contributed by atoms with Crippen molar-refractivity contribution in [3.05, 3.63) is 58.7 Å². The van der Waals surface area contributed by atoms with Crippen LogP contribution in [0.3, 0.4) is 0 Å². The molecule has 1 fully saturated rings. The van der Waals surface area contributed by atoms with Crippen molar-refractivity contribution in [2.24, 2.45) is 5.92 Å². The number of benzene rings is 2. The summed E-state index contributed by atoms with van der Waals surface area (Å²) in [6.07, 6.45) is 2.51. The maximum atomic E-state index is 13.2. The summed E-state index contributed by atoms with van der Waals surface area (Å²) in [5.41, 5.74) is 2.28. The highest BCUT2D eigenvalue weighted by atomic mass is 35.5. The summed E-state index contributed by atoms with van der Waals surface area (Å²) in [6.45, 7) is 0. The second-order valence-corrected chi connectivity index (χ2v) is 9.89. The molecule has 10 heteroatoms. The molecule has 1 aliphatic carbocycles. The third-order valence-electron chi connectivity index (χ3n) is 6.90. The monoisotopic (exact) mass is 519 g/mol. The molecule has 1 aliphatic heterocycles. The number of carbonyl (C=O) groups is 3. The van der Waals surface area contributed by atoms with Crippen molar-refractivity contribution >= 4 is 45.9 Å². The number of hydrogen-bond donors (Lipinski definition) is 4. The quantitative estimate of drug-likeness (QED) is 0.340. The second kappa shape index (κ2) is 10.1. The highest BCUT2D eigenvalue weighted by Gasteiger charge is 2.36. The fourth-order valence-corrected chi connectivity index (χ4v) is 5.12. The number of aromatic nitrogens is 1. The van der Waals surface area contributed by atoms with Gasteiger partial charge in [0.1, 0.15) is 23.5 Å². The Labute approximate surface area is 218 Å². The Morgan fingerprint density at radius 2 is 1.97 bits per heavy atom. The number of H-pyrrole nitrogens is 1. The average molecular weight is 520 g/mol. The van der Waals surface area contributed by atoms with Gasteiger partial charge in [-0.25, -0.2) is 0 Å². The van der Waals surface area contributed by atoms with Crippen molar-refractivity contribution in [2.75, 3.05) is 12.4 Å². The van der Waals surface area contributed by atoms with Gasteiger partial charge in [0.05, 0.1) is 19.1 Å². The maximum absolute atomic E-state index is 13.2. The first-order valence-electron chi connectivity index (χ1n) is 12.1. The standard InChI is InChI=1S/C27H26ClN5O4/c1-37-23-7-3-5-19-16(23)12-22(31-19)27(36)33-21(10-14-8-9-14)26(35)30-15(13-29)11-17-24-18(28)4-2-6-20(24)32-25(17)34/h2-7,12,14-15,17,21,31H,8-11H2,1H3,(H,30,35)(H,32,34)(H,33,36)/t15-,17?,21-/m0/s1. The number of nitrogens with one attached hydrogen (secondary N) is 4. The van der Waals surface area contributed by atoms with Crippen molar-refractivity contribution in [3.63, 3.8) is 0 Å². The van der Waals surface area contributed by atoms with Crippen molar-refractivity contribution in [1.82, 2.24) is 15.6 Å². The van der Waals surface area contributed by atoms with Crippen LogP contribution in [0, 0.1) is 17.2 Å². The molecule has 2 heterocycles. The lowest BCUT2D eigenvalue weighted by atomic mass is 9.93.